The van der Waals surface area contributed by atoms with Gasteiger partial charge in [0.25, 0.3) is 5.91 Å². The lowest BCUT2D eigenvalue weighted by molar-refractivity contribution is 0.0766. The fourth-order valence-electron chi connectivity index (χ4n) is 2.73. The highest BCUT2D eigenvalue weighted by Crippen LogP contribution is 2.30. The number of aryl methyl sites for hydroxylation is 1. The summed E-state index contributed by atoms with van der Waals surface area (Å²) < 4.78 is 0. The minimum Gasteiger partial charge on any atom is -0.337 e. The summed E-state index contributed by atoms with van der Waals surface area (Å²) in [6, 6.07) is 4.00. The first-order valence-electron chi connectivity index (χ1n) is 7.30. The molecule has 2 aliphatic rings. The van der Waals surface area contributed by atoms with Gasteiger partial charge in [0.2, 0.25) is 0 Å². The van der Waals surface area contributed by atoms with Crippen LogP contribution in [0.3, 0.4) is 0 Å². The quantitative estimate of drug-likeness (QED) is 0.848. The molecule has 0 N–H and O–H groups in total. The van der Waals surface area contributed by atoms with Crippen LogP contribution in [0.5, 0.6) is 0 Å². The van der Waals surface area contributed by atoms with Crippen LogP contribution >= 0.6 is 11.3 Å². The number of rotatable bonds is 3. The Morgan fingerprint density at radius 1 is 1.26 bits per heavy atom. The molecule has 0 unspecified atom stereocenters. The van der Waals surface area contributed by atoms with Crippen molar-refractivity contribution in [3.63, 3.8) is 0 Å². The Labute approximate surface area is 119 Å². The smallest absolute Gasteiger partial charge is 0.263 e. The maximum Gasteiger partial charge on any atom is 0.263 e. The topological polar surface area (TPSA) is 23.6 Å². The minimum atomic E-state index is 0.228. The molecule has 2 fully saturated rings. The largest absolute Gasteiger partial charge is 0.337 e. The van der Waals surface area contributed by atoms with E-state index in [1.54, 1.807) is 11.3 Å². The summed E-state index contributed by atoms with van der Waals surface area (Å²) in [5.41, 5.74) is 0. The molecule has 0 atom stereocenters. The van der Waals surface area contributed by atoms with Gasteiger partial charge in [-0.2, -0.15) is 0 Å². The Kier molecular flexibility index (Phi) is 3.89. The number of nitrogens with zero attached hydrogens (tertiary/aromatic N) is 2. The average molecular weight is 278 g/mol. The highest BCUT2D eigenvalue weighted by Gasteiger charge is 2.26. The van der Waals surface area contributed by atoms with Gasteiger partial charge in [0.1, 0.15) is 0 Å². The van der Waals surface area contributed by atoms with Crippen LogP contribution in [0.25, 0.3) is 0 Å². The summed E-state index contributed by atoms with van der Waals surface area (Å²) in [6.45, 7) is 7.32. The Bertz CT molecular complexity index is 453. The zero-order valence-electron chi connectivity index (χ0n) is 11.6. The zero-order chi connectivity index (χ0) is 13.2. The summed E-state index contributed by atoms with van der Waals surface area (Å²) in [5, 5.41) is 0. The summed E-state index contributed by atoms with van der Waals surface area (Å²) in [5.74, 6) is 1.17. The summed E-state index contributed by atoms with van der Waals surface area (Å²) >= 11 is 1.61. The molecule has 0 aromatic carbocycles. The predicted octanol–water partition coefficient (Wildman–Crippen LogP) is 2.61. The third-order valence-corrected chi connectivity index (χ3v) is 5.03. The highest BCUT2D eigenvalue weighted by molar-refractivity contribution is 7.13. The molecule has 19 heavy (non-hydrogen) atoms. The van der Waals surface area contributed by atoms with Crippen molar-refractivity contribution in [3.8, 4) is 0 Å². The van der Waals surface area contributed by atoms with Crippen molar-refractivity contribution in [1.82, 2.24) is 9.80 Å². The minimum absolute atomic E-state index is 0.228. The second-order valence-corrected chi connectivity index (χ2v) is 7.09. The molecule has 1 aliphatic carbocycles. The maximum atomic E-state index is 12.4. The van der Waals surface area contributed by atoms with Crippen LogP contribution in [0.4, 0.5) is 0 Å². The highest BCUT2D eigenvalue weighted by atomic mass is 32.1. The second kappa shape index (κ2) is 5.63. The van der Waals surface area contributed by atoms with Crippen LogP contribution in [0.2, 0.25) is 0 Å². The summed E-state index contributed by atoms with van der Waals surface area (Å²) in [7, 11) is 0. The van der Waals surface area contributed by atoms with Crippen LogP contribution in [0.15, 0.2) is 12.1 Å². The number of hydrogen-bond acceptors (Lipinski definition) is 3. The van der Waals surface area contributed by atoms with Gasteiger partial charge < -0.3 is 9.80 Å². The van der Waals surface area contributed by atoms with Crippen LogP contribution in [-0.2, 0) is 0 Å². The molecule has 1 aliphatic heterocycles. The van der Waals surface area contributed by atoms with Crippen molar-refractivity contribution in [1.29, 1.82) is 0 Å². The average Bonchev–Trinajstić information content (AvgIpc) is 3.15. The zero-order valence-corrected chi connectivity index (χ0v) is 12.4. The van der Waals surface area contributed by atoms with Crippen molar-refractivity contribution in [3.05, 3.63) is 21.9 Å². The van der Waals surface area contributed by atoms with E-state index in [2.05, 4.69) is 11.8 Å². The number of hydrogen-bond donors (Lipinski definition) is 0. The van der Waals surface area contributed by atoms with E-state index in [1.165, 1.54) is 24.3 Å². The summed E-state index contributed by atoms with van der Waals surface area (Å²) in [4.78, 5) is 19.1. The normalized spacial score (nSPS) is 21.4. The molecule has 1 amide bonds. The number of thiophene rings is 1. The van der Waals surface area contributed by atoms with Gasteiger partial charge in [-0.1, -0.05) is 0 Å². The lowest BCUT2D eigenvalue weighted by atomic mass is 10.3. The van der Waals surface area contributed by atoms with Gasteiger partial charge in [-0.15, -0.1) is 11.3 Å². The summed E-state index contributed by atoms with van der Waals surface area (Å²) in [6.07, 6.45) is 3.93. The molecule has 1 aromatic heterocycles. The molecular weight excluding hydrogens is 256 g/mol. The van der Waals surface area contributed by atoms with Crippen LogP contribution in [0, 0.1) is 12.8 Å². The van der Waals surface area contributed by atoms with Crippen molar-refractivity contribution in [2.45, 2.75) is 26.2 Å². The standard InChI is InChI=1S/C15H22N2OS/c1-12-3-6-14(19-12)15(18)17-8-2-7-16(9-10-17)11-13-4-5-13/h3,6,13H,2,4-5,7-11H2,1H3. The molecule has 3 rings (SSSR count). The van der Waals surface area contributed by atoms with Crippen molar-refractivity contribution >= 4 is 17.2 Å². The maximum absolute atomic E-state index is 12.4. The van der Waals surface area contributed by atoms with E-state index >= 15 is 0 Å². The van der Waals surface area contributed by atoms with Gasteiger partial charge in [0.15, 0.2) is 0 Å². The molecular formula is C15H22N2OS. The first-order valence-corrected chi connectivity index (χ1v) is 8.12. The van der Waals surface area contributed by atoms with Gasteiger partial charge >= 0.3 is 0 Å². The Morgan fingerprint density at radius 2 is 2.11 bits per heavy atom. The number of carbonyl (C=O) groups is 1. The van der Waals surface area contributed by atoms with Crippen molar-refractivity contribution < 1.29 is 4.79 Å². The van der Waals surface area contributed by atoms with E-state index < -0.39 is 0 Å². The van der Waals surface area contributed by atoms with Gasteiger partial charge in [0, 0.05) is 31.1 Å². The number of carbonyl (C=O) groups excluding carboxylic acids is 1. The molecule has 0 bridgehead atoms. The fourth-order valence-corrected chi connectivity index (χ4v) is 3.56. The van der Waals surface area contributed by atoms with Gasteiger partial charge in [0.05, 0.1) is 4.88 Å². The molecule has 2 heterocycles. The second-order valence-electron chi connectivity index (χ2n) is 5.80. The third-order valence-electron chi connectivity index (χ3n) is 4.04. The molecule has 3 nitrogen and oxygen atoms in total. The van der Waals surface area contributed by atoms with Crippen molar-refractivity contribution in [2.24, 2.45) is 5.92 Å². The molecule has 1 saturated carbocycles. The van der Waals surface area contributed by atoms with E-state index in [-0.39, 0.29) is 5.91 Å². The lowest BCUT2D eigenvalue weighted by Crippen LogP contribution is -2.35. The molecule has 104 valence electrons. The first-order chi connectivity index (χ1) is 9.22. The van der Waals surface area contributed by atoms with Gasteiger partial charge in [-0.25, -0.2) is 0 Å². The Balaban J connectivity index is 1.57. The van der Waals surface area contributed by atoms with E-state index in [0.29, 0.717) is 0 Å². The molecule has 4 heteroatoms. The van der Waals surface area contributed by atoms with E-state index in [9.17, 15) is 4.79 Å². The predicted molar refractivity (Wildman–Crippen MR) is 78.7 cm³/mol. The molecule has 0 spiro atoms. The van der Waals surface area contributed by atoms with E-state index in [0.717, 1.165) is 43.4 Å². The Hall–Kier alpha value is -0.870. The number of amides is 1. The fraction of sp³-hybridized carbons (Fsp3) is 0.667. The first kappa shape index (κ1) is 13.1. The van der Waals surface area contributed by atoms with E-state index in [4.69, 9.17) is 0 Å². The van der Waals surface area contributed by atoms with Gasteiger partial charge in [-0.05, 0) is 50.8 Å². The molecule has 1 aromatic rings. The monoisotopic (exact) mass is 278 g/mol. The van der Waals surface area contributed by atoms with Crippen LogP contribution < -0.4 is 0 Å². The third kappa shape index (κ3) is 3.37. The van der Waals surface area contributed by atoms with Crippen LogP contribution in [-0.4, -0.2) is 48.4 Å². The van der Waals surface area contributed by atoms with E-state index in [1.807, 2.05) is 17.0 Å². The Morgan fingerprint density at radius 3 is 2.79 bits per heavy atom. The molecule has 0 radical (unpaired) electrons. The SMILES string of the molecule is Cc1ccc(C(=O)N2CCCN(CC3CC3)CC2)s1. The molecule has 1 saturated heterocycles. The van der Waals surface area contributed by atoms with Crippen LogP contribution in [0.1, 0.15) is 33.8 Å². The van der Waals surface area contributed by atoms with Crippen molar-refractivity contribution in [2.75, 3.05) is 32.7 Å². The lowest BCUT2D eigenvalue weighted by Gasteiger charge is -2.21. The van der Waals surface area contributed by atoms with Gasteiger partial charge in [-0.3, -0.25) is 4.79 Å².